The summed E-state index contributed by atoms with van der Waals surface area (Å²) in [7, 11) is 1.53. The lowest BCUT2D eigenvalue weighted by atomic mass is 10.0. The summed E-state index contributed by atoms with van der Waals surface area (Å²) < 4.78 is 39.4. The van der Waals surface area contributed by atoms with E-state index in [9.17, 15) is 18.0 Å². The number of aliphatic imine (C=N–C) groups is 1. The highest BCUT2D eigenvalue weighted by Crippen LogP contribution is 2.48. The zero-order valence-corrected chi connectivity index (χ0v) is 20.2. The molecule has 0 saturated heterocycles. The van der Waals surface area contributed by atoms with Gasteiger partial charge < -0.3 is 5.32 Å². The minimum Gasteiger partial charge on any atom is -0.357 e. The average molecular weight is 525 g/mol. The fraction of sp³-hybridized carbons (Fsp3) is 0.174. The van der Waals surface area contributed by atoms with Crippen LogP contribution in [0.5, 0.6) is 0 Å². The summed E-state index contributed by atoms with van der Waals surface area (Å²) in [6.07, 6.45) is -2.19. The van der Waals surface area contributed by atoms with Crippen LogP contribution in [-0.4, -0.2) is 55.3 Å². The van der Waals surface area contributed by atoms with Crippen molar-refractivity contribution in [2.45, 2.75) is 20.0 Å². The van der Waals surface area contributed by atoms with Crippen LogP contribution in [0.3, 0.4) is 0 Å². The van der Waals surface area contributed by atoms with Crippen molar-refractivity contribution < 1.29 is 22.8 Å². The highest BCUT2D eigenvalue weighted by atomic mass is 19.4. The third kappa shape index (κ3) is 4.39. The van der Waals surface area contributed by atoms with Gasteiger partial charge in [-0.2, -0.15) is 33.2 Å². The molecular formula is C23H20F3N10O2+. The van der Waals surface area contributed by atoms with Gasteiger partial charge in [-0.05, 0) is 49.2 Å². The first-order chi connectivity index (χ1) is 18.1. The number of carbonyl (C=O) groups excluding carboxylic acids is 1. The maximum atomic E-state index is 13.6. The van der Waals surface area contributed by atoms with E-state index in [-0.39, 0.29) is 40.9 Å². The van der Waals surface area contributed by atoms with E-state index in [1.165, 1.54) is 32.3 Å². The molecule has 1 aliphatic heterocycles. The summed E-state index contributed by atoms with van der Waals surface area (Å²) in [4.78, 5) is 38.9. The summed E-state index contributed by atoms with van der Waals surface area (Å²) in [5.41, 5.74) is 2.57. The summed E-state index contributed by atoms with van der Waals surface area (Å²) in [6.45, 7) is 3.36. The Kier molecular flexibility index (Phi) is 5.99. The number of carbonyl (C=O) groups is 1. The summed E-state index contributed by atoms with van der Waals surface area (Å²) in [5, 5.41) is 12.2. The number of hydrogen-bond acceptors (Lipinski definition) is 10. The molecule has 3 aromatic heterocycles. The molecule has 4 heterocycles. The zero-order valence-electron chi connectivity index (χ0n) is 20.2. The van der Waals surface area contributed by atoms with Gasteiger partial charge in [-0.3, -0.25) is 15.4 Å². The van der Waals surface area contributed by atoms with Crippen LogP contribution >= 0.6 is 0 Å². The van der Waals surface area contributed by atoms with Crippen molar-refractivity contribution >= 4 is 41.0 Å². The molecular weight excluding hydrogens is 505 g/mol. The average Bonchev–Trinajstić information content (AvgIpc) is 3.49. The third-order valence-corrected chi connectivity index (χ3v) is 5.50. The number of rotatable bonds is 5. The highest BCUT2D eigenvalue weighted by Gasteiger charge is 2.59. The van der Waals surface area contributed by atoms with Crippen LogP contribution in [0.4, 0.5) is 42.3 Å². The molecule has 15 heteroatoms. The van der Waals surface area contributed by atoms with E-state index < -0.39 is 16.8 Å². The molecule has 5 rings (SSSR count). The van der Waals surface area contributed by atoms with Crippen LogP contribution in [0, 0.1) is 13.8 Å². The number of H-pyrrole nitrogens is 1. The zero-order chi connectivity index (χ0) is 27.1. The van der Waals surface area contributed by atoms with E-state index in [4.69, 9.17) is 4.84 Å². The molecule has 38 heavy (non-hydrogen) atoms. The number of anilines is 2. The van der Waals surface area contributed by atoms with Crippen molar-refractivity contribution in [2.75, 3.05) is 17.7 Å². The number of benzene rings is 1. The summed E-state index contributed by atoms with van der Waals surface area (Å²) in [6, 6.07) is 9.99. The number of guanidine groups is 1. The Labute approximate surface area is 213 Å². The minimum atomic E-state index is -5.33. The van der Waals surface area contributed by atoms with Gasteiger partial charge in [-0.15, -0.1) is 4.98 Å². The van der Waals surface area contributed by atoms with Gasteiger partial charge in [0.05, 0.1) is 0 Å². The molecule has 0 aliphatic carbocycles. The van der Waals surface area contributed by atoms with Crippen LogP contribution < -0.4 is 15.3 Å². The Bertz CT molecular complexity index is 1560. The Hall–Kier alpha value is -4.92. The summed E-state index contributed by atoms with van der Waals surface area (Å²) in [5.74, 6) is -2.65. The molecule has 4 aromatic rings. The molecule has 0 amide bonds. The van der Waals surface area contributed by atoms with Crippen LogP contribution in [-0.2, 0) is 9.63 Å². The van der Waals surface area contributed by atoms with Crippen molar-refractivity contribution in [2.24, 2.45) is 4.99 Å². The molecule has 1 unspecified atom stereocenters. The van der Waals surface area contributed by atoms with E-state index in [0.29, 0.717) is 5.56 Å². The quantitative estimate of drug-likeness (QED) is 0.328. The molecule has 194 valence electrons. The number of fused-ring (bicyclic) bond motifs is 1. The van der Waals surface area contributed by atoms with Crippen LogP contribution in [0.15, 0.2) is 53.8 Å². The third-order valence-electron chi connectivity index (χ3n) is 5.50. The normalized spacial score (nSPS) is 16.5. The number of alkyl halides is 3. The van der Waals surface area contributed by atoms with E-state index in [0.717, 1.165) is 11.3 Å². The lowest BCUT2D eigenvalue weighted by Gasteiger charge is -2.28. The predicted octanol–water partition coefficient (Wildman–Crippen LogP) is 4.09. The molecule has 1 aromatic carbocycles. The predicted molar refractivity (Wildman–Crippen MR) is 131 cm³/mol. The fourth-order valence-corrected chi connectivity index (χ4v) is 3.87. The standard InChI is InChI=1S/C23H20F3N10O2/c1-12-10-15(6-8-28-12)14-4-5-17-16(11-14)32-22(33-18-7-9-29-35-18)36(17,38-19(37)23(24,25)26)21-31-13(2)30-20(27-3)34-21/h4-11H,1-3H3,(H,27,30,31,34)(H2,29,32,33,35)/q+1. The fourth-order valence-electron chi connectivity index (χ4n) is 3.87. The van der Waals surface area contributed by atoms with E-state index >= 15 is 0 Å². The Morgan fingerprint density at radius 3 is 2.53 bits per heavy atom. The lowest BCUT2D eigenvalue weighted by Crippen LogP contribution is -2.55. The number of pyridine rings is 1. The minimum absolute atomic E-state index is 0.0458. The second-order valence-corrected chi connectivity index (χ2v) is 8.15. The van der Waals surface area contributed by atoms with Gasteiger partial charge in [0.15, 0.2) is 5.82 Å². The summed E-state index contributed by atoms with van der Waals surface area (Å²) >= 11 is 0. The van der Waals surface area contributed by atoms with E-state index in [1.807, 2.05) is 13.0 Å². The van der Waals surface area contributed by atoms with Crippen molar-refractivity contribution in [1.82, 2.24) is 34.8 Å². The van der Waals surface area contributed by atoms with Gasteiger partial charge in [-0.25, -0.2) is 9.63 Å². The largest absolute Gasteiger partial charge is 0.497 e. The molecule has 0 radical (unpaired) electrons. The first kappa shape index (κ1) is 24.8. The highest BCUT2D eigenvalue weighted by molar-refractivity contribution is 6.11. The first-order valence-corrected chi connectivity index (χ1v) is 11.1. The topological polar surface area (TPSA) is 143 Å². The van der Waals surface area contributed by atoms with Crippen molar-refractivity contribution in [3.63, 3.8) is 0 Å². The van der Waals surface area contributed by atoms with Crippen molar-refractivity contribution in [3.8, 4) is 11.1 Å². The molecule has 0 bridgehead atoms. The smallest absolute Gasteiger partial charge is 0.357 e. The maximum Gasteiger partial charge on any atom is 0.497 e. The second kappa shape index (κ2) is 9.19. The number of aromatic nitrogens is 6. The number of aromatic amines is 1. The Morgan fingerprint density at radius 2 is 1.84 bits per heavy atom. The Balaban J connectivity index is 1.77. The van der Waals surface area contributed by atoms with Gasteiger partial charge in [-0.1, -0.05) is 0 Å². The van der Waals surface area contributed by atoms with Gasteiger partial charge in [0.1, 0.15) is 11.5 Å². The SMILES string of the molecule is CNc1nc(C)nc([N+]2(OC(=O)C(F)(F)F)C(Nc3cc[nH]n3)=Nc3cc(-c4ccnc(C)c4)ccc32)n1. The molecule has 3 N–H and O–H groups in total. The number of hydrogen-bond donors (Lipinski definition) is 3. The molecule has 1 aliphatic rings. The lowest BCUT2D eigenvalue weighted by molar-refractivity contribution is -0.217. The Morgan fingerprint density at radius 1 is 1.05 bits per heavy atom. The number of nitrogens with one attached hydrogen (secondary N) is 3. The van der Waals surface area contributed by atoms with Crippen molar-refractivity contribution in [3.05, 3.63) is 60.3 Å². The van der Waals surface area contributed by atoms with Crippen molar-refractivity contribution in [1.29, 1.82) is 0 Å². The van der Waals surface area contributed by atoms with Crippen LogP contribution in [0.1, 0.15) is 11.5 Å². The van der Waals surface area contributed by atoms with Gasteiger partial charge in [0.2, 0.25) is 11.6 Å². The molecule has 0 saturated carbocycles. The maximum absolute atomic E-state index is 13.6. The first-order valence-electron chi connectivity index (χ1n) is 11.1. The van der Waals surface area contributed by atoms with Gasteiger partial charge in [0.25, 0.3) is 0 Å². The van der Waals surface area contributed by atoms with Gasteiger partial charge >= 0.3 is 24.1 Å². The monoisotopic (exact) mass is 525 g/mol. The second-order valence-electron chi connectivity index (χ2n) is 8.15. The van der Waals surface area contributed by atoms with E-state index in [1.54, 1.807) is 24.4 Å². The van der Waals surface area contributed by atoms with Crippen LogP contribution in [0.2, 0.25) is 0 Å². The number of nitrogens with zero attached hydrogens (tertiary/aromatic N) is 7. The molecule has 0 spiro atoms. The number of halogens is 3. The van der Waals surface area contributed by atoms with Crippen LogP contribution in [0.25, 0.3) is 11.1 Å². The number of aryl methyl sites for hydroxylation is 2. The number of quaternary nitrogens is 1. The van der Waals surface area contributed by atoms with E-state index in [2.05, 4.69) is 45.8 Å². The molecule has 0 fully saturated rings. The molecule has 1 atom stereocenters. The van der Waals surface area contributed by atoms with Gasteiger partial charge in [0, 0.05) is 41.9 Å². The molecule has 12 nitrogen and oxygen atoms in total. The number of hydroxylamine groups is 1.